The van der Waals surface area contributed by atoms with Crippen LogP contribution in [0.15, 0.2) is 64.2 Å². The maximum Gasteiger partial charge on any atom is 0.339 e. The molecule has 0 spiro atoms. The van der Waals surface area contributed by atoms with E-state index in [-0.39, 0.29) is 12.1 Å². The van der Waals surface area contributed by atoms with E-state index in [0.29, 0.717) is 17.5 Å². The number of aromatic amines is 1. The Labute approximate surface area is 153 Å². The van der Waals surface area contributed by atoms with E-state index in [9.17, 15) is 19.5 Å². The number of nitrogens with zero attached hydrogens (tertiary/aromatic N) is 1. The van der Waals surface area contributed by atoms with Gasteiger partial charge in [0.2, 0.25) is 5.88 Å². The monoisotopic (exact) mass is 364 g/mol. The van der Waals surface area contributed by atoms with Crippen molar-refractivity contribution in [1.29, 1.82) is 0 Å². The highest BCUT2D eigenvalue weighted by Gasteiger charge is 2.36. The molecular formula is C20H16N2O5. The number of carbonyl (C=O) groups is 1. The highest BCUT2D eigenvalue weighted by Crippen LogP contribution is 2.37. The van der Waals surface area contributed by atoms with Crippen LogP contribution in [0.3, 0.4) is 0 Å². The van der Waals surface area contributed by atoms with Gasteiger partial charge in [-0.05, 0) is 18.1 Å². The minimum Gasteiger partial charge on any atom is -0.494 e. The van der Waals surface area contributed by atoms with Crippen molar-refractivity contribution in [3.8, 4) is 5.88 Å². The Kier molecular flexibility index (Phi) is 4.12. The first-order chi connectivity index (χ1) is 13.1. The van der Waals surface area contributed by atoms with Crippen molar-refractivity contribution in [2.24, 2.45) is 0 Å². The van der Waals surface area contributed by atoms with Crippen LogP contribution in [0.1, 0.15) is 33.2 Å². The van der Waals surface area contributed by atoms with E-state index in [1.54, 1.807) is 24.3 Å². The molecular weight excluding hydrogens is 348 g/mol. The second-order valence-electron chi connectivity index (χ2n) is 6.26. The summed E-state index contributed by atoms with van der Waals surface area (Å²) in [7, 11) is 0. The number of benzene rings is 2. The van der Waals surface area contributed by atoms with Crippen LogP contribution < -0.4 is 11.2 Å². The zero-order chi connectivity index (χ0) is 19.0. The number of hydrogen-bond acceptors (Lipinski definition) is 5. The Morgan fingerprint density at radius 2 is 1.70 bits per heavy atom. The smallest absolute Gasteiger partial charge is 0.339 e. The molecule has 0 aliphatic carbocycles. The maximum absolute atomic E-state index is 12.4. The molecule has 2 N–H and O–H groups in total. The molecule has 0 bridgehead atoms. The third-order valence-electron chi connectivity index (χ3n) is 4.62. The van der Waals surface area contributed by atoms with E-state index in [1.165, 1.54) is 0 Å². The number of aromatic nitrogens is 2. The molecule has 1 unspecified atom stereocenters. The molecule has 136 valence electrons. The number of aromatic hydroxyl groups is 1. The number of aryl methyl sites for hydroxylation is 1. The quantitative estimate of drug-likeness (QED) is 0.687. The number of esters is 1. The number of cyclic esters (lactones) is 1. The molecule has 0 saturated carbocycles. The first kappa shape index (κ1) is 16.8. The van der Waals surface area contributed by atoms with Crippen molar-refractivity contribution in [1.82, 2.24) is 9.55 Å². The van der Waals surface area contributed by atoms with Gasteiger partial charge in [-0.1, -0.05) is 48.5 Å². The summed E-state index contributed by atoms with van der Waals surface area (Å²) in [5, 5.41) is 10.7. The summed E-state index contributed by atoms with van der Waals surface area (Å²) in [6.07, 6.45) is -0.568. The fourth-order valence-corrected chi connectivity index (χ4v) is 3.26. The van der Waals surface area contributed by atoms with Gasteiger partial charge in [-0.25, -0.2) is 9.59 Å². The van der Waals surface area contributed by atoms with Crippen LogP contribution >= 0.6 is 0 Å². The van der Waals surface area contributed by atoms with Crippen molar-refractivity contribution in [2.75, 3.05) is 0 Å². The Morgan fingerprint density at radius 3 is 2.48 bits per heavy atom. The molecule has 27 heavy (non-hydrogen) atoms. The predicted molar refractivity (Wildman–Crippen MR) is 96.8 cm³/mol. The van der Waals surface area contributed by atoms with E-state index < -0.39 is 29.2 Å². The largest absolute Gasteiger partial charge is 0.494 e. The van der Waals surface area contributed by atoms with E-state index in [4.69, 9.17) is 4.74 Å². The number of H-pyrrole nitrogens is 1. The van der Waals surface area contributed by atoms with E-state index in [2.05, 4.69) is 4.98 Å². The van der Waals surface area contributed by atoms with Crippen LogP contribution in [0.25, 0.3) is 0 Å². The number of rotatable bonds is 4. The summed E-state index contributed by atoms with van der Waals surface area (Å²) in [5.74, 6) is -1.06. The number of nitrogens with one attached hydrogen (secondary N) is 1. The predicted octanol–water partition coefficient (Wildman–Crippen LogP) is 1.74. The maximum atomic E-state index is 12.4. The normalized spacial score (nSPS) is 15.4. The number of ether oxygens (including phenoxy) is 1. The number of fused-ring (bicyclic) bond motifs is 1. The molecule has 7 nitrogen and oxygen atoms in total. The Balaban J connectivity index is 1.76. The Hall–Kier alpha value is -3.61. The van der Waals surface area contributed by atoms with Crippen LogP contribution in [-0.4, -0.2) is 20.6 Å². The zero-order valence-corrected chi connectivity index (χ0v) is 14.2. The molecule has 0 fully saturated rings. The van der Waals surface area contributed by atoms with Crippen molar-refractivity contribution in [3.63, 3.8) is 0 Å². The van der Waals surface area contributed by atoms with Crippen LogP contribution in [-0.2, 0) is 17.7 Å². The lowest BCUT2D eigenvalue weighted by molar-refractivity contribution is 0.0448. The van der Waals surface area contributed by atoms with Gasteiger partial charge in [0.15, 0.2) is 6.10 Å². The second kappa shape index (κ2) is 6.60. The third kappa shape index (κ3) is 2.93. The molecule has 0 radical (unpaired) electrons. The van der Waals surface area contributed by atoms with Crippen LogP contribution in [0.2, 0.25) is 0 Å². The average molecular weight is 364 g/mol. The lowest BCUT2D eigenvalue weighted by Crippen LogP contribution is -2.34. The van der Waals surface area contributed by atoms with Gasteiger partial charge in [0.25, 0.3) is 5.56 Å². The molecule has 1 atom stereocenters. The molecule has 3 aromatic rings. The minimum atomic E-state index is -1.05. The van der Waals surface area contributed by atoms with Gasteiger partial charge in [0.1, 0.15) is 5.56 Å². The first-order valence-electron chi connectivity index (χ1n) is 8.46. The van der Waals surface area contributed by atoms with Gasteiger partial charge >= 0.3 is 11.7 Å². The van der Waals surface area contributed by atoms with Crippen molar-refractivity contribution >= 4 is 5.97 Å². The lowest BCUT2D eigenvalue weighted by atomic mass is 10.0. The van der Waals surface area contributed by atoms with Gasteiger partial charge in [-0.2, -0.15) is 0 Å². The fraction of sp³-hybridized carbons (Fsp3) is 0.150. The average Bonchev–Trinajstić information content (AvgIpc) is 2.99. The number of hydrogen-bond donors (Lipinski definition) is 2. The van der Waals surface area contributed by atoms with Gasteiger partial charge in [0.05, 0.1) is 5.56 Å². The Bertz CT molecular complexity index is 1130. The van der Waals surface area contributed by atoms with Crippen LogP contribution in [0, 0.1) is 0 Å². The van der Waals surface area contributed by atoms with Crippen molar-refractivity contribution in [3.05, 3.63) is 97.7 Å². The molecule has 4 rings (SSSR count). The molecule has 1 aliphatic rings. The zero-order valence-electron chi connectivity index (χ0n) is 14.2. The third-order valence-corrected chi connectivity index (χ3v) is 4.62. The van der Waals surface area contributed by atoms with Crippen molar-refractivity contribution in [2.45, 2.75) is 19.1 Å². The molecule has 2 heterocycles. The van der Waals surface area contributed by atoms with Crippen LogP contribution in [0.4, 0.5) is 0 Å². The van der Waals surface area contributed by atoms with Crippen LogP contribution in [0.5, 0.6) is 5.88 Å². The standard InChI is InChI=1S/C20H16N2O5/c23-17-15(16-13-8-4-5-9-14(13)19(25)27-16)18(24)22(20(26)21-17)11-10-12-6-2-1-3-7-12/h1-9,16,24H,10-11H2,(H,21,23,26). The van der Waals surface area contributed by atoms with Gasteiger partial charge in [-0.15, -0.1) is 0 Å². The van der Waals surface area contributed by atoms with Gasteiger partial charge < -0.3 is 9.84 Å². The SMILES string of the molecule is O=C1OC(c2c(O)n(CCc3ccccc3)c(=O)[nH]c2=O)c2ccccc21. The lowest BCUT2D eigenvalue weighted by Gasteiger charge is -2.15. The summed E-state index contributed by atoms with van der Waals surface area (Å²) in [6, 6.07) is 16.1. The highest BCUT2D eigenvalue weighted by atomic mass is 16.5. The number of carbonyl (C=O) groups excluding carboxylic acids is 1. The molecule has 0 saturated heterocycles. The summed E-state index contributed by atoms with van der Waals surface area (Å²) in [4.78, 5) is 38.8. The van der Waals surface area contributed by atoms with Gasteiger partial charge in [-0.3, -0.25) is 14.3 Å². The summed E-state index contributed by atoms with van der Waals surface area (Å²) in [6.45, 7) is 0.167. The summed E-state index contributed by atoms with van der Waals surface area (Å²) >= 11 is 0. The molecule has 1 aliphatic heterocycles. The van der Waals surface area contributed by atoms with E-state index in [0.717, 1.165) is 10.1 Å². The Morgan fingerprint density at radius 1 is 1.00 bits per heavy atom. The minimum absolute atomic E-state index is 0.152. The summed E-state index contributed by atoms with van der Waals surface area (Å²) < 4.78 is 6.38. The molecule has 2 aromatic carbocycles. The summed E-state index contributed by atoms with van der Waals surface area (Å²) in [5.41, 5.74) is 0.160. The van der Waals surface area contributed by atoms with E-state index in [1.807, 2.05) is 30.3 Å². The fourth-order valence-electron chi connectivity index (χ4n) is 3.26. The van der Waals surface area contributed by atoms with E-state index >= 15 is 0 Å². The highest BCUT2D eigenvalue weighted by molar-refractivity contribution is 5.94. The molecule has 0 amide bonds. The topological polar surface area (TPSA) is 101 Å². The molecule has 7 heteroatoms. The van der Waals surface area contributed by atoms with Gasteiger partial charge in [0, 0.05) is 12.1 Å². The first-order valence-corrected chi connectivity index (χ1v) is 8.46. The molecule has 1 aromatic heterocycles. The van der Waals surface area contributed by atoms with Crippen molar-refractivity contribution < 1.29 is 14.6 Å². The second-order valence-corrected chi connectivity index (χ2v) is 6.26.